The largest absolute Gasteiger partial charge is 0.503 e. The molecule has 0 radical (unpaired) electrons. The molecule has 0 amide bonds. The third-order valence-electron chi connectivity index (χ3n) is 1.77. The molecule has 2 aromatic rings. The number of halogens is 2. The molecule has 1 heterocycles. The van der Waals surface area contributed by atoms with Crippen molar-refractivity contribution in [3.8, 4) is 11.6 Å². The van der Waals surface area contributed by atoms with Gasteiger partial charge in [-0.3, -0.25) is 0 Å². The third kappa shape index (κ3) is 1.00. The van der Waals surface area contributed by atoms with Gasteiger partial charge < -0.3 is 15.2 Å². The highest BCUT2D eigenvalue weighted by atomic mass is 19.1. The van der Waals surface area contributed by atoms with E-state index in [1.807, 2.05) is 0 Å². The maximum Gasteiger partial charge on any atom is 0.233 e. The van der Waals surface area contributed by atoms with Crippen molar-refractivity contribution in [2.75, 3.05) is 0 Å². The number of aromatic nitrogens is 1. The Labute approximate surface area is 71.2 Å². The number of benzene rings is 1. The summed E-state index contributed by atoms with van der Waals surface area (Å²) in [5, 5.41) is 17.9. The number of hydrogen-bond donors (Lipinski definition) is 3. The van der Waals surface area contributed by atoms with Gasteiger partial charge >= 0.3 is 0 Å². The standard InChI is InChI=1S/C8H5F2NO2/c9-3-1-4(10)6-5(2-3)11-8(13)7(6)12/h1-2,11-13H. The molecule has 1 aromatic carbocycles. The Balaban J connectivity index is 2.94. The normalized spacial score (nSPS) is 10.9. The summed E-state index contributed by atoms with van der Waals surface area (Å²) in [5.74, 6) is -2.86. The van der Waals surface area contributed by atoms with Crippen LogP contribution in [0.5, 0.6) is 11.6 Å². The van der Waals surface area contributed by atoms with Crippen LogP contribution in [-0.2, 0) is 0 Å². The predicted octanol–water partition coefficient (Wildman–Crippen LogP) is 1.86. The Kier molecular flexibility index (Phi) is 1.42. The summed E-state index contributed by atoms with van der Waals surface area (Å²) < 4.78 is 25.6. The summed E-state index contributed by atoms with van der Waals surface area (Å²) >= 11 is 0. The third-order valence-corrected chi connectivity index (χ3v) is 1.77. The minimum Gasteiger partial charge on any atom is -0.503 e. The number of fused-ring (bicyclic) bond motifs is 1. The van der Waals surface area contributed by atoms with Crippen LogP contribution in [0, 0.1) is 11.6 Å². The van der Waals surface area contributed by atoms with E-state index >= 15 is 0 Å². The first-order valence-electron chi connectivity index (χ1n) is 3.48. The van der Waals surface area contributed by atoms with Crippen LogP contribution >= 0.6 is 0 Å². The van der Waals surface area contributed by atoms with Crippen molar-refractivity contribution in [3.63, 3.8) is 0 Å². The molecule has 0 fully saturated rings. The molecule has 13 heavy (non-hydrogen) atoms. The number of aromatic amines is 1. The Hall–Kier alpha value is -1.78. The van der Waals surface area contributed by atoms with Crippen molar-refractivity contribution in [2.24, 2.45) is 0 Å². The van der Waals surface area contributed by atoms with Crippen LogP contribution in [0.3, 0.4) is 0 Å². The summed E-state index contributed by atoms with van der Waals surface area (Å²) in [6.07, 6.45) is 0. The molecule has 0 bridgehead atoms. The summed E-state index contributed by atoms with van der Waals surface area (Å²) in [4.78, 5) is 2.23. The van der Waals surface area contributed by atoms with E-state index < -0.39 is 23.3 Å². The van der Waals surface area contributed by atoms with Crippen LogP contribution in [0.4, 0.5) is 8.78 Å². The highest BCUT2D eigenvalue weighted by Crippen LogP contribution is 2.35. The molecular formula is C8H5F2NO2. The lowest BCUT2D eigenvalue weighted by atomic mass is 10.2. The molecule has 0 atom stereocenters. The zero-order chi connectivity index (χ0) is 9.59. The van der Waals surface area contributed by atoms with Crippen LogP contribution in [0.15, 0.2) is 12.1 Å². The quantitative estimate of drug-likeness (QED) is 0.586. The van der Waals surface area contributed by atoms with E-state index in [1.165, 1.54) is 0 Å². The van der Waals surface area contributed by atoms with Crippen LogP contribution in [0.2, 0.25) is 0 Å². The molecule has 0 aliphatic rings. The fourth-order valence-corrected chi connectivity index (χ4v) is 1.22. The fraction of sp³-hybridized carbons (Fsp3) is 0. The van der Waals surface area contributed by atoms with E-state index in [1.54, 1.807) is 0 Å². The molecule has 2 rings (SSSR count). The van der Waals surface area contributed by atoms with E-state index in [4.69, 9.17) is 10.2 Å². The Morgan fingerprint density at radius 3 is 2.54 bits per heavy atom. The first kappa shape index (κ1) is 7.85. The van der Waals surface area contributed by atoms with Crippen molar-refractivity contribution < 1.29 is 19.0 Å². The summed E-state index contributed by atoms with van der Waals surface area (Å²) in [7, 11) is 0. The van der Waals surface area contributed by atoms with Gasteiger partial charge in [-0.15, -0.1) is 0 Å². The van der Waals surface area contributed by atoms with Gasteiger partial charge in [-0.25, -0.2) is 8.78 Å². The lowest BCUT2D eigenvalue weighted by Crippen LogP contribution is -1.80. The monoisotopic (exact) mass is 185 g/mol. The molecule has 3 nitrogen and oxygen atoms in total. The molecule has 0 aliphatic carbocycles. The van der Waals surface area contributed by atoms with Crippen molar-refractivity contribution in [1.82, 2.24) is 4.98 Å². The van der Waals surface area contributed by atoms with E-state index in [0.717, 1.165) is 6.07 Å². The molecule has 0 aliphatic heterocycles. The summed E-state index contributed by atoms with van der Waals surface area (Å²) in [6.45, 7) is 0. The Morgan fingerprint density at radius 1 is 1.15 bits per heavy atom. The molecule has 1 aromatic heterocycles. The zero-order valence-corrected chi connectivity index (χ0v) is 6.31. The van der Waals surface area contributed by atoms with Gasteiger partial charge in [0.2, 0.25) is 5.88 Å². The van der Waals surface area contributed by atoms with Gasteiger partial charge in [0.15, 0.2) is 5.75 Å². The SMILES string of the molecule is Oc1[nH]c2cc(F)cc(F)c2c1O. The first-order chi connectivity index (χ1) is 6.09. The van der Waals surface area contributed by atoms with Gasteiger partial charge in [0.05, 0.1) is 10.9 Å². The highest BCUT2D eigenvalue weighted by molar-refractivity contribution is 5.89. The lowest BCUT2D eigenvalue weighted by molar-refractivity contribution is 0.397. The maximum atomic E-state index is 13.0. The van der Waals surface area contributed by atoms with Crippen molar-refractivity contribution >= 4 is 10.9 Å². The number of aromatic hydroxyl groups is 2. The van der Waals surface area contributed by atoms with Crippen LogP contribution < -0.4 is 0 Å². The molecule has 0 unspecified atom stereocenters. The Bertz CT molecular complexity index is 478. The van der Waals surface area contributed by atoms with Gasteiger partial charge in [0, 0.05) is 6.07 Å². The maximum absolute atomic E-state index is 13.0. The van der Waals surface area contributed by atoms with Gasteiger partial charge in [0.25, 0.3) is 0 Å². The predicted molar refractivity (Wildman–Crippen MR) is 41.5 cm³/mol. The smallest absolute Gasteiger partial charge is 0.233 e. The minimum atomic E-state index is -0.913. The lowest BCUT2D eigenvalue weighted by Gasteiger charge is -1.93. The zero-order valence-electron chi connectivity index (χ0n) is 6.31. The summed E-state index contributed by atoms with van der Waals surface area (Å²) in [6, 6.07) is 1.62. The fourth-order valence-electron chi connectivity index (χ4n) is 1.22. The number of H-pyrrole nitrogens is 1. The van der Waals surface area contributed by atoms with E-state index in [2.05, 4.69) is 4.98 Å². The average molecular weight is 185 g/mol. The second-order valence-electron chi connectivity index (χ2n) is 2.63. The second kappa shape index (κ2) is 2.35. The topological polar surface area (TPSA) is 56.2 Å². The van der Waals surface area contributed by atoms with Gasteiger partial charge in [-0.2, -0.15) is 0 Å². The van der Waals surface area contributed by atoms with Gasteiger partial charge in [-0.05, 0) is 6.07 Å². The molecule has 0 saturated carbocycles. The van der Waals surface area contributed by atoms with Gasteiger partial charge in [-0.1, -0.05) is 0 Å². The molecular weight excluding hydrogens is 180 g/mol. The van der Waals surface area contributed by atoms with Gasteiger partial charge in [0.1, 0.15) is 11.6 Å². The molecule has 5 heteroatoms. The highest BCUT2D eigenvalue weighted by Gasteiger charge is 2.14. The summed E-state index contributed by atoms with van der Waals surface area (Å²) in [5.41, 5.74) is 0.0208. The van der Waals surface area contributed by atoms with Crippen LogP contribution in [0.1, 0.15) is 0 Å². The van der Waals surface area contributed by atoms with Crippen molar-refractivity contribution in [1.29, 1.82) is 0 Å². The van der Waals surface area contributed by atoms with E-state index in [9.17, 15) is 8.78 Å². The number of hydrogen-bond acceptors (Lipinski definition) is 2. The number of nitrogens with one attached hydrogen (secondary N) is 1. The van der Waals surface area contributed by atoms with Crippen molar-refractivity contribution in [2.45, 2.75) is 0 Å². The average Bonchev–Trinajstić information content (AvgIpc) is 2.27. The molecule has 0 saturated heterocycles. The molecule has 0 spiro atoms. The first-order valence-corrected chi connectivity index (χ1v) is 3.48. The van der Waals surface area contributed by atoms with Crippen LogP contribution in [0.25, 0.3) is 10.9 Å². The second-order valence-corrected chi connectivity index (χ2v) is 2.63. The van der Waals surface area contributed by atoms with Crippen molar-refractivity contribution in [3.05, 3.63) is 23.8 Å². The molecule has 3 N–H and O–H groups in total. The molecule has 68 valence electrons. The van der Waals surface area contributed by atoms with E-state index in [0.29, 0.717) is 6.07 Å². The van der Waals surface area contributed by atoms with E-state index in [-0.39, 0.29) is 10.9 Å². The van der Waals surface area contributed by atoms with Crippen LogP contribution in [-0.4, -0.2) is 15.2 Å². The Morgan fingerprint density at radius 2 is 1.85 bits per heavy atom. The minimum absolute atomic E-state index is 0.0208. The number of rotatable bonds is 0.